The molecule has 2 aromatic carbocycles. The molecule has 2 aliphatic rings. The van der Waals surface area contributed by atoms with Crippen molar-refractivity contribution in [2.24, 2.45) is 5.92 Å². The third kappa shape index (κ3) is 6.88. The quantitative estimate of drug-likeness (QED) is 0.323. The lowest BCUT2D eigenvalue weighted by Crippen LogP contribution is -2.45. The van der Waals surface area contributed by atoms with Gasteiger partial charge in [0.2, 0.25) is 26.0 Å². The fraction of sp³-hybridized carbons (Fsp3) is 0.483. The van der Waals surface area contributed by atoms with Crippen LogP contribution in [0.25, 0.3) is 10.2 Å². The first kappa shape index (κ1) is 30.2. The number of amides is 2. The second kappa shape index (κ2) is 13.0. The third-order valence-electron chi connectivity index (χ3n) is 8.12. The molecule has 3 aromatic rings. The first-order valence-corrected chi connectivity index (χ1v) is 17.1. The molecule has 8 nitrogen and oxygen atoms in total. The molecule has 2 aliphatic heterocycles. The van der Waals surface area contributed by atoms with Crippen LogP contribution in [0.2, 0.25) is 10.0 Å². The Hall–Kier alpha value is -2.24. The molecule has 2 saturated heterocycles. The maximum atomic E-state index is 13.7. The second-order valence-electron chi connectivity index (χ2n) is 10.8. The third-order valence-corrected chi connectivity index (χ3v) is 12.6. The topological polar surface area (TPSA) is 90.9 Å². The zero-order valence-corrected chi connectivity index (χ0v) is 26.1. The summed E-state index contributed by atoms with van der Waals surface area (Å²) < 4.78 is 27.7. The minimum Gasteiger partial charge on any atom is -0.343 e. The van der Waals surface area contributed by atoms with Crippen molar-refractivity contribution in [3.63, 3.8) is 0 Å². The number of rotatable bonds is 8. The number of para-hydroxylation sites is 1. The fourth-order valence-corrected chi connectivity index (χ4v) is 9.17. The molecule has 0 atom stereocenters. The van der Waals surface area contributed by atoms with Gasteiger partial charge < -0.3 is 14.7 Å². The summed E-state index contributed by atoms with van der Waals surface area (Å²) in [5.41, 5.74) is 1.43. The van der Waals surface area contributed by atoms with Gasteiger partial charge in [-0.3, -0.25) is 9.59 Å². The molecule has 1 aromatic heterocycles. The molecule has 2 fully saturated rings. The Morgan fingerprint density at radius 3 is 2.37 bits per heavy atom. The van der Waals surface area contributed by atoms with Crippen molar-refractivity contribution in [3.05, 3.63) is 52.5 Å². The lowest BCUT2D eigenvalue weighted by atomic mass is 9.94. The number of piperidine rings is 2. The second-order valence-corrected chi connectivity index (χ2v) is 15.0. The molecule has 0 bridgehead atoms. The highest BCUT2D eigenvalue weighted by Crippen LogP contribution is 2.32. The van der Waals surface area contributed by atoms with E-state index in [1.54, 1.807) is 28.9 Å². The Bertz CT molecular complexity index is 1480. The number of hydrogen-bond donors (Lipinski definition) is 0. The summed E-state index contributed by atoms with van der Waals surface area (Å²) in [4.78, 5) is 35.7. The van der Waals surface area contributed by atoms with Crippen molar-refractivity contribution in [2.45, 2.75) is 48.6 Å². The number of carbonyl (C=O) groups is 2. The molecule has 0 saturated carbocycles. The van der Waals surface area contributed by atoms with Crippen LogP contribution in [0.4, 0.5) is 5.69 Å². The van der Waals surface area contributed by atoms with E-state index in [4.69, 9.17) is 23.2 Å². The first-order chi connectivity index (χ1) is 19.6. The van der Waals surface area contributed by atoms with Gasteiger partial charge in [-0.15, -0.1) is 11.3 Å². The van der Waals surface area contributed by atoms with Gasteiger partial charge in [-0.1, -0.05) is 35.3 Å². The number of carbonyl (C=O) groups excluding carboxylic acids is 2. The van der Waals surface area contributed by atoms with E-state index >= 15 is 0 Å². The normalized spacial score (nSPS) is 17.7. The predicted octanol–water partition coefficient (Wildman–Crippen LogP) is 5.52. The van der Waals surface area contributed by atoms with E-state index in [1.165, 1.54) is 11.3 Å². The Morgan fingerprint density at radius 2 is 1.71 bits per heavy atom. The zero-order valence-electron chi connectivity index (χ0n) is 23.0. The SMILES string of the molecule is CC(=O)N1CCC(C(=O)N(CCCN2CCC(S(=O)(=O)c3nc4ccccc4s3)CC2)c2ccc(Cl)c(Cl)c2)CC1. The summed E-state index contributed by atoms with van der Waals surface area (Å²) in [7, 11) is -3.48. The molecule has 0 unspecified atom stereocenters. The van der Waals surface area contributed by atoms with Crippen molar-refractivity contribution in [3.8, 4) is 0 Å². The molecule has 0 aliphatic carbocycles. The monoisotopic (exact) mass is 636 g/mol. The van der Waals surface area contributed by atoms with Gasteiger partial charge in [-0.25, -0.2) is 13.4 Å². The van der Waals surface area contributed by atoms with Crippen LogP contribution in [-0.4, -0.2) is 79.5 Å². The number of halogens is 2. The molecule has 0 spiro atoms. The Balaban J connectivity index is 1.18. The van der Waals surface area contributed by atoms with Gasteiger partial charge in [0.25, 0.3) is 0 Å². The number of nitrogens with zero attached hydrogens (tertiary/aromatic N) is 4. The van der Waals surface area contributed by atoms with Crippen LogP contribution in [0.15, 0.2) is 46.8 Å². The van der Waals surface area contributed by atoms with E-state index < -0.39 is 15.1 Å². The van der Waals surface area contributed by atoms with Crippen molar-refractivity contribution >= 4 is 72.1 Å². The number of fused-ring (bicyclic) bond motifs is 1. The largest absolute Gasteiger partial charge is 0.343 e. The lowest BCUT2D eigenvalue weighted by molar-refractivity contribution is -0.133. The molecule has 2 amide bonds. The van der Waals surface area contributed by atoms with Crippen LogP contribution in [0.5, 0.6) is 0 Å². The minimum atomic E-state index is -3.48. The number of sulfone groups is 1. The van der Waals surface area contributed by atoms with Gasteiger partial charge in [0.15, 0.2) is 0 Å². The zero-order chi connectivity index (χ0) is 29.1. The van der Waals surface area contributed by atoms with Gasteiger partial charge in [-0.2, -0.15) is 0 Å². The summed E-state index contributed by atoms with van der Waals surface area (Å²) in [5.74, 6) is -0.0929. The summed E-state index contributed by atoms with van der Waals surface area (Å²) in [6.07, 6.45) is 3.11. The maximum absolute atomic E-state index is 13.7. The van der Waals surface area contributed by atoms with E-state index in [1.807, 2.05) is 30.3 Å². The smallest absolute Gasteiger partial charge is 0.230 e. The molecule has 0 radical (unpaired) electrons. The number of likely N-dealkylation sites (tertiary alicyclic amines) is 2. The van der Waals surface area contributed by atoms with Crippen LogP contribution < -0.4 is 4.90 Å². The molecule has 5 rings (SSSR count). The molecule has 3 heterocycles. The molecule has 41 heavy (non-hydrogen) atoms. The van der Waals surface area contributed by atoms with Gasteiger partial charge in [0.1, 0.15) is 0 Å². The first-order valence-electron chi connectivity index (χ1n) is 14.0. The minimum absolute atomic E-state index is 0.0345. The summed E-state index contributed by atoms with van der Waals surface area (Å²) >= 11 is 13.7. The Morgan fingerprint density at radius 1 is 1.00 bits per heavy atom. The van der Waals surface area contributed by atoms with Crippen LogP contribution in [0.1, 0.15) is 39.0 Å². The molecule has 0 N–H and O–H groups in total. The Labute approximate surface area is 255 Å². The van der Waals surface area contributed by atoms with Crippen LogP contribution in [0, 0.1) is 5.92 Å². The van der Waals surface area contributed by atoms with Crippen molar-refractivity contribution in [1.29, 1.82) is 0 Å². The van der Waals surface area contributed by atoms with E-state index in [9.17, 15) is 18.0 Å². The van der Waals surface area contributed by atoms with E-state index in [-0.39, 0.29) is 22.1 Å². The number of aromatic nitrogens is 1. The molecular weight excluding hydrogens is 603 g/mol. The van der Waals surface area contributed by atoms with E-state index in [0.717, 1.165) is 23.2 Å². The highest BCUT2D eigenvalue weighted by Gasteiger charge is 2.34. The van der Waals surface area contributed by atoms with Gasteiger partial charge in [0, 0.05) is 38.2 Å². The fourth-order valence-electron chi connectivity index (χ4n) is 5.69. The lowest BCUT2D eigenvalue weighted by Gasteiger charge is -2.35. The molecule has 12 heteroatoms. The number of hydrogen-bond acceptors (Lipinski definition) is 7. The summed E-state index contributed by atoms with van der Waals surface area (Å²) in [5, 5.41) is 0.389. The van der Waals surface area contributed by atoms with Crippen LogP contribution >= 0.6 is 34.5 Å². The van der Waals surface area contributed by atoms with Crippen molar-refractivity contribution in [2.75, 3.05) is 44.2 Å². The average molecular weight is 638 g/mol. The van der Waals surface area contributed by atoms with Gasteiger partial charge in [-0.05, 0) is 82.1 Å². The molecule has 220 valence electrons. The highest BCUT2D eigenvalue weighted by molar-refractivity contribution is 7.94. The van der Waals surface area contributed by atoms with Crippen molar-refractivity contribution < 1.29 is 18.0 Å². The number of benzene rings is 2. The van der Waals surface area contributed by atoms with Gasteiger partial charge in [0.05, 0.1) is 25.5 Å². The van der Waals surface area contributed by atoms with E-state index in [2.05, 4.69) is 9.88 Å². The van der Waals surface area contributed by atoms with Crippen LogP contribution in [0.3, 0.4) is 0 Å². The van der Waals surface area contributed by atoms with Crippen LogP contribution in [-0.2, 0) is 19.4 Å². The summed E-state index contributed by atoms with van der Waals surface area (Å²) in [6.45, 7) is 5.34. The van der Waals surface area contributed by atoms with E-state index in [0.29, 0.717) is 74.1 Å². The average Bonchev–Trinajstić information content (AvgIpc) is 3.42. The standard InChI is InChI=1S/C29H34Cl2N4O4S2/c1-20(36)34-17-9-21(10-18-34)28(37)35(22-7-8-24(30)25(31)19-22)14-4-13-33-15-11-23(12-16-33)41(38,39)29-32-26-5-2-3-6-27(26)40-29/h2-3,5-8,19,21,23H,4,9-18H2,1H3. The summed E-state index contributed by atoms with van der Waals surface area (Å²) in [6, 6.07) is 12.7. The predicted molar refractivity (Wildman–Crippen MR) is 165 cm³/mol. The number of thiazole rings is 1. The van der Waals surface area contributed by atoms with Gasteiger partial charge >= 0.3 is 0 Å². The van der Waals surface area contributed by atoms with Crippen molar-refractivity contribution in [1.82, 2.24) is 14.8 Å². The Kier molecular flexibility index (Phi) is 9.55. The number of anilines is 1. The maximum Gasteiger partial charge on any atom is 0.230 e. The highest BCUT2D eigenvalue weighted by atomic mass is 35.5. The molecular formula is C29H34Cl2N4O4S2.